The maximum absolute atomic E-state index is 13.2. The Balaban J connectivity index is 1.66. The number of carbonyl (C=O) groups is 1. The van der Waals surface area contributed by atoms with Gasteiger partial charge in [-0.1, -0.05) is 23.7 Å². The molecule has 1 heterocycles. The number of benzene rings is 2. The van der Waals surface area contributed by atoms with Crippen molar-refractivity contribution in [3.05, 3.63) is 89.0 Å². The standard InChI is InChI=1S/C24H26ClFN2O3/c1-30-15-3-14-28(24(29)18-31-23-11-7-20(25)8-12-23)17-22-4-2-13-27(22)16-19-5-9-21(26)10-6-19/h2,4-13H,3,14-18H2,1H3. The SMILES string of the molecule is COCCCN(Cc1cccn1Cc1ccc(F)cc1)C(=O)COc1ccc(Cl)cc1. The molecule has 0 radical (unpaired) electrons. The number of rotatable bonds is 11. The molecule has 0 atom stereocenters. The van der Waals surface area contributed by atoms with Crippen LogP contribution in [0, 0.1) is 5.82 Å². The van der Waals surface area contributed by atoms with Crippen LogP contribution in [0.2, 0.25) is 5.02 Å². The van der Waals surface area contributed by atoms with E-state index in [9.17, 15) is 9.18 Å². The number of ether oxygens (including phenoxy) is 2. The van der Waals surface area contributed by atoms with Crippen molar-refractivity contribution >= 4 is 17.5 Å². The topological polar surface area (TPSA) is 43.7 Å². The maximum atomic E-state index is 13.2. The van der Waals surface area contributed by atoms with Crippen molar-refractivity contribution in [3.63, 3.8) is 0 Å². The second-order valence-corrected chi connectivity index (χ2v) is 7.59. The van der Waals surface area contributed by atoms with Crippen LogP contribution in [-0.2, 0) is 22.6 Å². The fourth-order valence-corrected chi connectivity index (χ4v) is 3.31. The molecule has 3 rings (SSSR count). The van der Waals surface area contributed by atoms with Crippen molar-refractivity contribution in [2.75, 3.05) is 26.9 Å². The molecular formula is C24H26ClFN2O3. The summed E-state index contributed by atoms with van der Waals surface area (Å²) in [5.74, 6) is 0.224. The third-order valence-corrected chi connectivity index (χ3v) is 5.10. The van der Waals surface area contributed by atoms with Crippen molar-refractivity contribution in [1.82, 2.24) is 9.47 Å². The van der Waals surface area contributed by atoms with E-state index >= 15 is 0 Å². The molecule has 0 fully saturated rings. The summed E-state index contributed by atoms with van der Waals surface area (Å²) >= 11 is 5.89. The fraction of sp³-hybridized carbons (Fsp3) is 0.292. The fourth-order valence-electron chi connectivity index (χ4n) is 3.19. The second kappa shape index (κ2) is 11.5. The van der Waals surface area contributed by atoms with Gasteiger partial charge < -0.3 is 18.9 Å². The van der Waals surface area contributed by atoms with Gasteiger partial charge in [-0.25, -0.2) is 4.39 Å². The summed E-state index contributed by atoms with van der Waals surface area (Å²) in [6.07, 6.45) is 2.68. The number of carbonyl (C=O) groups excluding carboxylic acids is 1. The van der Waals surface area contributed by atoms with Crippen LogP contribution in [0.3, 0.4) is 0 Å². The monoisotopic (exact) mass is 444 g/mol. The van der Waals surface area contributed by atoms with Crippen molar-refractivity contribution in [2.45, 2.75) is 19.5 Å². The molecule has 0 aliphatic rings. The van der Waals surface area contributed by atoms with Crippen molar-refractivity contribution in [2.24, 2.45) is 0 Å². The Morgan fingerprint density at radius 3 is 2.55 bits per heavy atom. The molecular weight excluding hydrogens is 419 g/mol. The van der Waals surface area contributed by atoms with Gasteiger partial charge in [0.25, 0.3) is 5.91 Å². The first-order chi connectivity index (χ1) is 15.0. The number of hydrogen-bond acceptors (Lipinski definition) is 3. The summed E-state index contributed by atoms with van der Waals surface area (Å²) in [6, 6.07) is 17.3. The first-order valence-corrected chi connectivity index (χ1v) is 10.5. The van der Waals surface area contributed by atoms with Crippen LogP contribution >= 0.6 is 11.6 Å². The highest BCUT2D eigenvalue weighted by molar-refractivity contribution is 6.30. The summed E-state index contributed by atoms with van der Waals surface area (Å²) in [6.45, 7) is 2.11. The predicted octanol–water partition coefficient (Wildman–Crippen LogP) is 4.77. The minimum Gasteiger partial charge on any atom is -0.484 e. The molecule has 0 N–H and O–H groups in total. The number of methoxy groups -OCH3 is 1. The number of halogens is 2. The molecule has 0 saturated carbocycles. The lowest BCUT2D eigenvalue weighted by Gasteiger charge is -2.24. The zero-order chi connectivity index (χ0) is 22.1. The lowest BCUT2D eigenvalue weighted by Crippen LogP contribution is -2.36. The molecule has 1 amide bonds. The number of amides is 1. The van der Waals surface area contributed by atoms with Gasteiger partial charge in [0.15, 0.2) is 6.61 Å². The van der Waals surface area contributed by atoms with Crippen LogP contribution < -0.4 is 4.74 Å². The summed E-state index contributed by atoms with van der Waals surface area (Å²) in [5.41, 5.74) is 1.98. The third-order valence-electron chi connectivity index (χ3n) is 4.85. The molecule has 2 aromatic carbocycles. The predicted molar refractivity (Wildman–Crippen MR) is 119 cm³/mol. The Kier molecular flexibility index (Phi) is 8.50. The van der Waals surface area contributed by atoms with Crippen LogP contribution in [0.1, 0.15) is 17.7 Å². The zero-order valence-electron chi connectivity index (χ0n) is 17.5. The van der Waals surface area contributed by atoms with Gasteiger partial charge in [-0.3, -0.25) is 4.79 Å². The molecule has 7 heteroatoms. The van der Waals surface area contributed by atoms with Gasteiger partial charge >= 0.3 is 0 Å². The highest BCUT2D eigenvalue weighted by Crippen LogP contribution is 2.16. The molecule has 0 saturated heterocycles. The maximum Gasteiger partial charge on any atom is 0.260 e. The molecule has 0 spiro atoms. The Morgan fingerprint density at radius 1 is 1.10 bits per heavy atom. The van der Waals surface area contributed by atoms with Gasteiger partial charge in [-0.05, 0) is 60.5 Å². The van der Waals surface area contributed by atoms with Crippen LogP contribution in [0.25, 0.3) is 0 Å². The van der Waals surface area contributed by atoms with Crippen LogP contribution in [0.5, 0.6) is 5.75 Å². The molecule has 5 nitrogen and oxygen atoms in total. The molecule has 31 heavy (non-hydrogen) atoms. The van der Waals surface area contributed by atoms with Gasteiger partial charge in [-0.2, -0.15) is 0 Å². The highest BCUT2D eigenvalue weighted by atomic mass is 35.5. The molecule has 0 aliphatic heterocycles. The normalized spacial score (nSPS) is 10.8. The Morgan fingerprint density at radius 2 is 1.84 bits per heavy atom. The molecule has 1 aromatic heterocycles. The number of nitrogens with zero attached hydrogens (tertiary/aromatic N) is 2. The zero-order valence-corrected chi connectivity index (χ0v) is 18.2. The smallest absolute Gasteiger partial charge is 0.260 e. The summed E-state index contributed by atoms with van der Waals surface area (Å²) in [7, 11) is 1.64. The van der Waals surface area contributed by atoms with E-state index in [1.807, 2.05) is 18.3 Å². The number of hydrogen-bond donors (Lipinski definition) is 0. The van der Waals surface area contributed by atoms with E-state index in [0.717, 1.165) is 17.7 Å². The molecule has 0 aliphatic carbocycles. The van der Waals surface area contributed by atoms with Crippen molar-refractivity contribution in [3.8, 4) is 5.75 Å². The first kappa shape index (κ1) is 22.8. The van der Waals surface area contributed by atoms with E-state index in [0.29, 0.717) is 37.0 Å². The molecule has 164 valence electrons. The van der Waals surface area contributed by atoms with Crippen LogP contribution in [0.15, 0.2) is 66.9 Å². The first-order valence-electron chi connectivity index (χ1n) is 10.1. The van der Waals surface area contributed by atoms with Gasteiger partial charge in [0, 0.05) is 43.7 Å². The Hall–Kier alpha value is -2.83. The van der Waals surface area contributed by atoms with Gasteiger partial charge in [-0.15, -0.1) is 0 Å². The Bertz CT molecular complexity index is 958. The van der Waals surface area contributed by atoms with E-state index in [2.05, 4.69) is 4.57 Å². The minimum absolute atomic E-state index is 0.0622. The van der Waals surface area contributed by atoms with E-state index in [4.69, 9.17) is 21.1 Å². The number of aromatic nitrogens is 1. The summed E-state index contributed by atoms with van der Waals surface area (Å²) in [5, 5.41) is 0.613. The van der Waals surface area contributed by atoms with E-state index in [1.54, 1.807) is 48.4 Å². The molecule has 0 unspecified atom stereocenters. The summed E-state index contributed by atoms with van der Waals surface area (Å²) in [4.78, 5) is 14.7. The Labute approximate surface area is 187 Å². The van der Waals surface area contributed by atoms with Crippen molar-refractivity contribution < 1.29 is 18.7 Å². The highest BCUT2D eigenvalue weighted by Gasteiger charge is 2.16. The van der Waals surface area contributed by atoms with E-state index in [-0.39, 0.29) is 18.3 Å². The van der Waals surface area contributed by atoms with Gasteiger partial charge in [0.2, 0.25) is 0 Å². The lowest BCUT2D eigenvalue weighted by molar-refractivity contribution is -0.134. The summed E-state index contributed by atoms with van der Waals surface area (Å²) < 4.78 is 26.0. The quantitative estimate of drug-likeness (QED) is 0.400. The van der Waals surface area contributed by atoms with Gasteiger partial charge in [0.1, 0.15) is 11.6 Å². The van der Waals surface area contributed by atoms with Crippen LogP contribution in [0.4, 0.5) is 4.39 Å². The third kappa shape index (κ3) is 7.12. The van der Waals surface area contributed by atoms with Crippen molar-refractivity contribution in [1.29, 1.82) is 0 Å². The lowest BCUT2D eigenvalue weighted by atomic mass is 10.2. The average molecular weight is 445 g/mol. The average Bonchev–Trinajstić information content (AvgIpc) is 3.20. The molecule has 3 aromatic rings. The van der Waals surface area contributed by atoms with Crippen LogP contribution in [-0.4, -0.2) is 42.2 Å². The van der Waals surface area contributed by atoms with E-state index in [1.165, 1.54) is 12.1 Å². The molecule has 0 bridgehead atoms. The minimum atomic E-state index is -0.257. The largest absolute Gasteiger partial charge is 0.484 e. The van der Waals surface area contributed by atoms with Gasteiger partial charge in [0.05, 0.1) is 6.54 Å². The second-order valence-electron chi connectivity index (χ2n) is 7.16. The van der Waals surface area contributed by atoms with E-state index < -0.39 is 0 Å².